The van der Waals surface area contributed by atoms with Crippen molar-refractivity contribution >= 4 is 23.1 Å². The molecule has 0 saturated carbocycles. The fourth-order valence-corrected chi connectivity index (χ4v) is 1.14. The van der Waals surface area contributed by atoms with Crippen LogP contribution in [0.4, 0.5) is 0 Å². The summed E-state index contributed by atoms with van der Waals surface area (Å²) in [5, 5.41) is 18.7. The number of hydrogen-bond donors (Lipinski definition) is 2. The van der Waals surface area contributed by atoms with Gasteiger partial charge in [0, 0.05) is 17.7 Å². The van der Waals surface area contributed by atoms with Gasteiger partial charge in [-0.15, -0.1) is 11.3 Å². The standard InChI is InChI=1S/C7H5NO4S/c9-4(3-5(10)7(11)12)6-8-1-2-13-6/h1-3,10H,(H,11,12)/b5-3-. The number of hydrogen-bond acceptors (Lipinski definition) is 5. The van der Waals surface area contributed by atoms with E-state index in [1.807, 2.05) is 0 Å². The van der Waals surface area contributed by atoms with Crippen LogP contribution in [-0.4, -0.2) is 26.9 Å². The molecule has 68 valence electrons. The molecular formula is C7H5NO4S. The number of ketones is 1. The molecule has 2 N–H and O–H groups in total. The number of rotatable bonds is 3. The first-order chi connectivity index (χ1) is 6.11. The van der Waals surface area contributed by atoms with Gasteiger partial charge in [0.2, 0.25) is 11.5 Å². The lowest BCUT2D eigenvalue weighted by atomic mass is 10.3. The molecule has 0 aliphatic carbocycles. The molecule has 0 atom stereocenters. The minimum Gasteiger partial charge on any atom is -0.502 e. The summed E-state index contributed by atoms with van der Waals surface area (Å²) in [5.74, 6) is -3.14. The van der Waals surface area contributed by atoms with Crippen molar-refractivity contribution in [3.63, 3.8) is 0 Å². The maximum Gasteiger partial charge on any atom is 0.371 e. The highest BCUT2D eigenvalue weighted by Gasteiger charge is 2.10. The molecule has 0 aromatic carbocycles. The van der Waals surface area contributed by atoms with E-state index >= 15 is 0 Å². The minimum atomic E-state index is -1.54. The van der Waals surface area contributed by atoms with Crippen LogP contribution in [0.1, 0.15) is 9.80 Å². The quantitative estimate of drug-likeness (QED) is 0.428. The summed E-state index contributed by atoms with van der Waals surface area (Å²) in [6, 6.07) is 0. The first kappa shape index (κ1) is 9.40. The van der Waals surface area contributed by atoms with E-state index < -0.39 is 17.5 Å². The number of nitrogens with zero attached hydrogens (tertiary/aromatic N) is 1. The smallest absolute Gasteiger partial charge is 0.371 e. The van der Waals surface area contributed by atoms with Crippen LogP contribution in [0.5, 0.6) is 0 Å². The SMILES string of the molecule is O=C(O)/C(O)=C/C(=O)c1nccs1. The largest absolute Gasteiger partial charge is 0.502 e. The molecule has 1 rings (SSSR count). The summed E-state index contributed by atoms with van der Waals surface area (Å²) < 4.78 is 0. The molecule has 13 heavy (non-hydrogen) atoms. The van der Waals surface area contributed by atoms with Gasteiger partial charge in [0.15, 0.2) is 5.01 Å². The van der Waals surface area contributed by atoms with Crippen LogP contribution in [0, 0.1) is 0 Å². The molecule has 0 fully saturated rings. The molecule has 0 amide bonds. The Morgan fingerprint density at radius 2 is 2.15 bits per heavy atom. The Hall–Kier alpha value is -1.69. The van der Waals surface area contributed by atoms with E-state index in [-0.39, 0.29) is 5.01 Å². The summed E-state index contributed by atoms with van der Waals surface area (Å²) in [6.45, 7) is 0. The van der Waals surface area contributed by atoms with Crippen LogP contribution in [0.3, 0.4) is 0 Å². The molecule has 1 heterocycles. The highest BCUT2D eigenvalue weighted by molar-refractivity contribution is 7.11. The number of carbonyl (C=O) groups excluding carboxylic acids is 1. The molecular weight excluding hydrogens is 194 g/mol. The monoisotopic (exact) mass is 199 g/mol. The van der Waals surface area contributed by atoms with Crippen LogP contribution in [0.2, 0.25) is 0 Å². The minimum absolute atomic E-state index is 0.146. The van der Waals surface area contributed by atoms with Crippen molar-refractivity contribution in [1.82, 2.24) is 4.98 Å². The first-order valence-electron chi connectivity index (χ1n) is 3.19. The Labute approximate surface area is 77.0 Å². The van der Waals surface area contributed by atoms with Crippen LogP contribution in [0.25, 0.3) is 0 Å². The van der Waals surface area contributed by atoms with Crippen molar-refractivity contribution < 1.29 is 19.8 Å². The summed E-state index contributed by atoms with van der Waals surface area (Å²) >= 11 is 1.08. The number of carbonyl (C=O) groups is 2. The lowest BCUT2D eigenvalue weighted by molar-refractivity contribution is -0.135. The average Bonchev–Trinajstić information content (AvgIpc) is 2.55. The second-order valence-corrected chi connectivity index (χ2v) is 2.93. The summed E-state index contributed by atoms with van der Waals surface area (Å²) in [7, 11) is 0. The van der Waals surface area contributed by atoms with Crippen LogP contribution < -0.4 is 0 Å². The van der Waals surface area contributed by atoms with Gasteiger partial charge in [-0.2, -0.15) is 0 Å². The van der Waals surface area contributed by atoms with Crippen molar-refractivity contribution in [2.75, 3.05) is 0 Å². The Morgan fingerprint density at radius 3 is 2.62 bits per heavy atom. The Kier molecular flexibility index (Phi) is 2.76. The van der Waals surface area contributed by atoms with Crippen LogP contribution in [0.15, 0.2) is 23.4 Å². The number of thiazole rings is 1. The van der Waals surface area contributed by atoms with Crippen LogP contribution in [-0.2, 0) is 4.79 Å². The number of aromatic nitrogens is 1. The lowest BCUT2D eigenvalue weighted by Crippen LogP contribution is -2.03. The van der Waals surface area contributed by atoms with Gasteiger partial charge in [-0.3, -0.25) is 4.79 Å². The van der Waals surface area contributed by atoms with Gasteiger partial charge in [-0.25, -0.2) is 9.78 Å². The first-order valence-corrected chi connectivity index (χ1v) is 4.07. The molecule has 0 aliphatic heterocycles. The second-order valence-electron chi connectivity index (χ2n) is 2.04. The summed E-state index contributed by atoms with van der Waals surface area (Å²) in [5.41, 5.74) is 0. The Balaban J connectivity index is 2.82. The molecule has 0 unspecified atom stereocenters. The normalized spacial score (nSPS) is 11.2. The van der Waals surface area contributed by atoms with Crippen molar-refractivity contribution in [3.05, 3.63) is 28.4 Å². The van der Waals surface area contributed by atoms with Crippen molar-refractivity contribution in [1.29, 1.82) is 0 Å². The van der Waals surface area contributed by atoms with E-state index in [0.29, 0.717) is 6.08 Å². The fourth-order valence-electron chi connectivity index (χ4n) is 0.593. The number of aliphatic hydroxyl groups excluding tert-OH is 1. The number of aliphatic hydroxyl groups is 1. The zero-order valence-corrected chi connectivity index (χ0v) is 7.11. The van der Waals surface area contributed by atoms with E-state index in [1.54, 1.807) is 5.38 Å². The zero-order chi connectivity index (χ0) is 9.84. The zero-order valence-electron chi connectivity index (χ0n) is 6.30. The van der Waals surface area contributed by atoms with E-state index in [9.17, 15) is 9.59 Å². The third kappa shape index (κ3) is 2.38. The topological polar surface area (TPSA) is 87.5 Å². The van der Waals surface area contributed by atoms with Gasteiger partial charge >= 0.3 is 5.97 Å². The molecule has 0 saturated heterocycles. The molecule has 1 aromatic heterocycles. The summed E-state index contributed by atoms with van der Waals surface area (Å²) in [6.07, 6.45) is 2.05. The third-order valence-corrected chi connectivity index (χ3v) is 1.92. The molecule has 0 spiro atoms. The number of aliphatic carboxylic acids is 1. The highest BCUT2D eigenvalue weighted by Crippen LogP contribution is 2.06. The number of carboxylic acid groups (broad SMARTS) is 1. The predicted molar refractivity (Wildman–Crippen MR) is 44.8 cm³/mol. The number of carboxylic acids is 1. The Bertz CT molecular complexity index is 355. The van der Waals surface area contributed by atoms with Gasteiger partial charge in [-0.1, -0.05) is 0 Å². The van der Waals surface area contributed by atoms with Gasteiger partial charge in [-0.05, 0) is 0 Å². The predicted octanol–water partition coefficient (Wildman–Crippen LogP) is 0.852. The Morgan fingerprint density at radius 1 is 1.46 bits per heavy atom. The second kappa shape index (κ2) is 3.81. The molecule has 5 nitrogen and oxygen atoms in total. The van der Waals surface area contributed by atoms with Gasteiger partial charge in [0.1, 0.15) is 0 Å². The molecule has 0 aliphatic rings. The maximum absolute atomic E-state index is 11.1. The van der Waals surface area contributed by atoms with E-state index in [1.165, 1.54) is 6.20 Å². The lowest BCUT2D eigenvalue weighted by Gasteiger charge is -1.89. The van der Waals surface area contributed by atoms with Crippen molar-refractivity contribution in [2.24, 2.45) is 0 Å². The number of allylic oxidation sites excluding steroid dienone is 1. The molecule has 0 radical (unpaired) electrons. The van der Waals surface area contributed by atoms with E-state index in [2.05, 4.69) is 4.98 Å². The van der Waals surface area contributed by atoms with Gasteiger partial charge < -0.3 is 10.2 Å². The molecule has 6 heteroatoms. The maximum atomic E-state index is 11.1. The van der Waals surface area contributed by atoms with E-state index in [4.69, 9.17) is 10.2 Å². The average molecular weight is 199 g/mol. The molecule has 0 bridgehead atoms. The summed E-state index contributed by atoms with van der Waals surface area (Å²) in [4.78, 5) is 24.8. The van der Waals surface area contributed by atoms with Crippen molar-refractivity contribution in [2.45, 2.75) is 0 Å². The van der Waals surface area contributed by atoms with E-state index in [0.717, 1.165) is 11.3 Å². The van der Waals surface area contributed by atoms with Gasteiger partial charge in [0.05, 0.1) is 0 Å². The van der Waals surface area contributed by atoms with Crippen LogP contribution >= 0.6 is 11.3 Å². The highest BCUT2D eigenvalue weighted by atomic mass is 32.1. The molecule has 1 aromatic rings. The fraction of sp³-hybridized carbons (Fsp3) is 0. The van der Waals surface area contributed by atoms with Gasteiger partial charge in [0.25, 0.3) is 0 Å². The van der Waals surface area contributed by atoms with Crippen molar-refractivity contribution in [3.8, 4) is 0 Å². The third-order valence-electron chi connectivity index (χ3n) is 1.13.